The summed E-state index contributed by atoms with van der Waals surface area (Å²) in [5.41, 5.74) is 4.79. The van der Waals surface area contributed by atoms with Gasteiger partial charge in [0.25, 0.3) is 5.91 Å². The highest BCUT2D eigenvalue weighted by Gasteiger charge is 2.04. The number of rotatable bonds is 3. The quantitative estimate of drug-likeness (QED) is 0.446. The fourth-order valence-electron chi connectivity index (χ4n) is 0.902. The minimum absolute atomic E-state index is 0.304. The van der Waals surface area contributed by atoms with E-state index in [4.69, 9.17) is 10.6 Å². The third-order valence-electron chi connectivity index (χ3n) is 1.52. The summed E-state index contributed by atoms with van der Waals surface area (Å²) in [6, 6.07) is 6.76. The topological polar surface area (TPSA) is 76.4 Å². The number of benzene rings is 1. The Balaban J connectivity index is 2.82. The molecule has 4 N–H and O–H groups in total. The Morgan fingerprint density at radius 1 is 1.54 bits per heavy atom. The number of amides is 1. The number of hydrogen-bond acceptors (Lipinski definition) is 4. The molecule has 0 aliphatic carbocycles. The van der Waals surface area contributed by atoms with Gasteiger partial charge in [-0.2, -0.15) is 5.53 Å². The molecule has 1 amide bonds. The van der Waals surface area contributed by atoms with Crippen LogP contribution >= 0.6 is 0 Å². The summed E-state index contributed by atoms with van der Waals surface area (Å²) in [5, 5.41) is 0. The zero-order valence-electron chi connectivity index (χ0n) is 7.20. The van der Waals surface area contributed by atoms with Gasteiger partial charge in [-0.15, -0.1) is 0 Å². The Hall–Kier alpha value is -1.59. The summed E-state index contributed by atoms with van der Waals surface area (Å²) < 4.78 is 4.95. The number of hydrogen-bond donors (Lipinski definition) is 3. The molecule has 0 heterocycles. The van der Waals surface area contributed by atoms with Gasteiger partial charge in [0.05, 0.1) is 7.11 Å². The van der Waals surface area contributed by atoms with Gasteiger partial charge in [-0.05, 0) is 18.2 Å². The summed E-state index contributed by atoms with van der Waals surface area (Å²) in [5.74, 6) is 5.25. The van der Waals surface area contributed by atoms with Crippen LogP contribution in [0.2, 0.25) is 0 Å². The van der Waals surface area contributed by atoms with Gasteiger partial charge in [-0.3, -0.25) is 16.1 Å². The SMILES string of the molecule is COc1cccc(C(=O)NNN)c1. The molecule has 1 aromatic carbocycles. The van der Waals surface area contributed by atoms with Crippen LogP contribution in [0.3, 0.4) is 0 Å². The highest BCUT2D eigenvalue weighted by atomic mass is 16.5. The van der Waals surface area contributed by atoms with E-state index in [9.17, 15) is 4.79 Å². The third kappa shape index (κ3) is 2.43. The summed E-state index contributed by atoms with van der Waals surface area (Å²) in [6.45, 7) is 0. The van der Waals surface area contributed by atoms with E-state index in [1.807, 2.05) is 0 Å². The van der Waals surface area contributed by atoms with Crippen LogP contribution in [0.4, 0.5) is 0 Å². The molecule has 70 valence electrons. The van der Waals surface area contributed by atoms with E-state index in [-0.39, 0.29) is 5.91 Å². The Morgan fingerprint density at radius 3 is 2.92 bits per heavy atom. The number of methoxy groups -OCH3 is 1. The van der Waals surface area contributed by atoms with Crippen molar-refractivity contribution in [1.82, 2.24) is 11.0 Å². The fraction of sp³-hybridized carbons (Fsp3) is 0.125. The van der Waals surface area contributed by atoms with E-state index in [2.05, 4.69) is 11.0 Å². The molecule has 0 atom stereocenters. The van der Waals surface area contributed by atoms with Crippen LogP contribution in [-0.4, -0.2) is 13.0 Å². The zero-order chi connectivity index (χ0) is 9.68. The molecule has 0 saturated carbocycles. The lowest BCUT2D eigenvalue weighted by Gasteiger charge is -2.04. The van der Waals surface area contributed by atoms with Crippen LogP contribution in [0.15, 0.2) is 24.3 Å². The van der Waals surface area contributed by atoms with Crippen molar-refractivity contribution < 1.29 is 9.53 Å². The highest BCUT2D eigenvalue weighted by molar-refractivity contribution is 5.94. The van der Waals surface area contributed by atoms with Crippen molar-refractivity contribution in [2.45, 2.75) is 0 Å². The van der Waals surface area contributed by atoms with E-state index < -0.39 is 0 Å². The fourth-order valence-corrected chi connectivity index (χ4v) is 0.902. The van der Waals surface area contributed by atoms with Crippen molar-refractivity contribution in [3.05, 3.63) is 29.8 Å². The standard InChI is InChI=1S/C8H11N3O2/c1-13-7-4-2-3-6(5-7)8(12)10-11-9/h2-5,11H,9H2,1H3,(H,10,12). The molecule has 1 aromatic rings. The average Bonchev–Trinajstić information content (AvgIpc) is 2.18. The predicted octanol–water partition coefficient (Wildman–Crippen LogP) is -0.197. The number of carbonyl (C=O) groups is 1. The number of nitrogens with one attached hydrogen (secondary N) is 2. The van der Waals surface area contributed by atoms with E-state index >= 15 is 0 Å². The van der Waals surface area contributed by atoms with Crippen LogP contribution in [-0.2, 0) is 0 Å². The number of hydrazine groups is 2. The molecule has 0 bridgehead atoms. The summed E-state index contributed by atoms with van der Waals surface area (Å²) in [7, 11) is 1.54. The maximum atomic E-state index is 11.2. The highest BCUT2D eigenvalue weighted by Crippen LogP contribution is 2.11. The maximum Gasteiger partial charge on any atom is 0.266 e. The average molecular weight is 181 g/mol. The van der Waals surface area contributed by atoms with Crippen molar-refractivity contribution >= 4 is 5.91 Å². The second-order valence-electron chi connectivity index (χ2n) is 2.33. The first-order chi connectivity index (χ1) is 6.27. The van der Waals surface area contributed by atoms with Crippen LogP contribution in [0.5, 0.6) is 5.75 Å². The Morgan fingerprint density at radius 2 is 2.31 bits per heavy atom. The molecule has 0 fully saturated rings. The lowest BCUT2D eigenvalue weighted by atomic mass is 10.2. The van der Waals surface area contributed by atoms with E-state index in [0.29, 0.717) is 11.3 Å². The molecule has 1 rings (SSSR count). The van der Waals surface area contributed by atoms with Crippen molar-refractivity contribution in [2.75, 3.05) is 7.11 Å². The molecule has 0 radical (unpaired) electrons. The molecule has 0 saturated heterocycles. The van der Waals surface area contributed by atoms with Gasteiger partial charge in [0, 0.05) is 5.56 Å². The van der Waals surface area contributed by atoms with Crippen LogP contribution in [0, 0.1) is 0 Å². The normalized spacial score (nSPS) is 9.38. The molecule has 5 nitrogen and oxygen atoms in total. The molecular weight excluding hydrogens is 170 g/mol. The van der Waals surface area contributed by atoms with Crippen molar-refractivity contribution in [1.29, 1.82) is 0 Å². The molecule has 0 unspecified atom stereocenters. The molecule has 0 aromatic heterocycles. The van der Waals surface area contributed by atoms with Crippen LogP contribution in [0.1, 0.15) is 10.4 Å². The van der Waals surface area contributed by atoms with Crippen molar-refractivity contribution in [2.24, 2.45) is 5.84 Å². The molecule has 13 heavy (non-hydrogen) atoms. The third-order valence-corrected chi connectivity index (χ3v) is 1.52. The number of nitrogens with two attached hydrogens (primary N) is 1. The van der Waals surface area contributed by atoms with Gasteiger partial charge in [-0.25, -0.2) is 0 Å². The lowest BCUT2D eigenvalue weighted by Crippen LogP contribution is -2.42. The summed E-state index contributed by atoms with van der Waals surface area (Å²) in [6.07, 6.45) is 0. The van der Waals surface area contributed by atoms with Crippen LogP contribution in [0.25, 0.3) is 0 Å². The summed E-state index contributed by atoms with van der Waals surface area (Å²) >= 11 is 0. The Bertz CT molecular complexity index is 301. The monoisotopic (exact) mass is 181 g/mol. The Kier molecular flexibility index (Phi) is 3.24. The van der Waals surface area contributed by atoms with Gasteiger partial charge in [-0.1, -0.05) is 6.07 Å². The molecule has 5 heteroatoms. The van der Waals surface area contributed by atoms with Gasteiger partial charge in [0.15, 0.2) is 0 Å². The Labute approximate surface area is 75.8 Å². The van der Waals surface area contributed by atoms with Crippen molar-refractivity contribution in [3.8, 4) is 5.75 Å². The number of carbonyl (C=O) groups excluding carboxylic acids is 1. The van der Waals surface area contributed by atoms with E-state index in [0.717, 1.165) is 0 Å². The summed E-state index contributed by atoms with van der Waals surface area (Å²) in [4.78, 5) is 11.2. The van der Waals surface area contributed by atoms with E-state index in [1.54, 1.807) is 24.3 Å². The molecular formula is C8H11N3O2. The first-order valence-corrected chi connectivity index (χ1v) is 3.68. The van der Waals surface area contributed by atoms with E-state index in [1.165, 1.54) is 7.11 Å². The minimum atomic E-state index is -0.304. The number of ether oxygens (including phenoxy) is 1. The molecule has 0 spiro atoms. The molecule has 0 aliphatic heterocycles. The molecule has 0 aliphatic rings. The lowest BCUT2D eigenvalue weighted by molar-refractivity contribution is 0.0933. The van der Waals surface area contributed by atoms with Crippen LogP contribution < -0.4 is 21.5 Å². The van der Waals surface area contributed by atoms with Gasteiger partial charge < -0.3 is 4.74 Å². The van der Waals surface area contributed by atoms with Crippen molar-refractivity contribution in [3.63, 3.8) is 0 Å². The first-order valence-electron chi connectivity index (χ1n) is 3.68. The van der Waals surface area contributed by atoms with Gasteiger partial charge in [0.1, 0.15) is 5.75 Å². The van der Waals surface area contributed by atoms with Gasteiger partial charge >= 0.3 is 0 Å². The second kappa shape index (κ2) is 4.44. The second-order valence-corrected chi connectivity index (χ2v) is 2.33. The smallest absolute Gasteiger partial charge is 0.266 e. The largest absolute Gasteiger partial charge is 0.497 e. The minimum Gasteiger partial charge on any atom is -0.497 e. The maximum absolute atomic E-state index is 11.2. The first kappa shape index (κ1) is 9.50. The van der Waals surface area contributed by atoms with Gasteiger partial charge in [0.2, 0.25) is 0 Å². The zero-order valence-corrected chi connectivity index (χ0v) is 7.20. The predicted molar refractivity (Wildman–Crippen MR) is 47.8 cm³/mol.